The molecule has 1 aromatic rings. The van der Waals surface area contributed by atoms with Crippen molar-refractivity contribution in [3.8, 4) is 11.5 Å². The summed E-state index contributed by atoms with van der Waals surface area (Å²) in [5, 5.41) is 21.7. The van der Waals surface area contributed by atoms with Crippen molar-refractivity contribution in [1.82, 2.24) is 5.32 Å². The van der Waals surface area contributed by atoms with Crippen LogP contribution in [0.5, 0.6) is 11.5 Å². The maximum atomic E-state index is 13.2. The SMILES string of the molecule is CC1(c2cc(O)c(O)c(F)c2)CCCN1. The van der Waals surface area contributed by atoms with Crippen LogP contribution in [0.25, 0.3) is 0 Å². The van der Waals surface area contributed by atoms with Gasteiger partial charge in [-0.1, -0.05) is 0 Å². The lowest BCUT2D eigenvalue weighted by Crippen LogP contribution is -2.33. The molecule has 4 heteroatoms. The van der Waals surface area contributed by atoms with Gasteiger partial charge in [0.25, 0.3) is 0 Å². The highest BCUT2D eigenvalue weighted by molar-refractivity contribution is 5.44. The van der Waals surface area contributed by atoms with Gasteiger partial charge in [-0.2, -0.15) is 0 Å². The minimum absolute atomic E-state index is 0.300. The molecule has 1 heterocycles. The predicted octanol–water partition coefficient (Wildman–Crippen LogP) is 1.84. The first kappa shape index (κ1) is 10.2. The van der Waals surface area contributed by atoms with Gasteiger partial charge in [-0.3, -0.25) is 0 Å². The normalized spacial score (nSPS) is 25.7. The number of halogens is 1. The van der Waals surface area contributed by atoms with Crippen LogP contribution in [-0.2, 0) is 5.54 Å². The molecule has 0 saturated carbocycles. The minimum atomic E-state index is -0.778. The number of rotatable bonds is 1. The molecule has 15 heavy (non-hydrogen) atoms. The third-order valence-corrected chi connectivity index (χ3v) is 3.05. The van der Waals surface area contributed by atoms with Crippen LogP contribution < -0.4 is 5.32 Å². The Hall–Kier alpha value is -1.29. The van der Waals surface area contributed by atoms with Gasteiger partial charge in [0, 0.05) is 5.54 Å². The summed E-state index contributed by atoms with van der Waals surface area (Å²) in [6.45, 7) is 2.85. The Morgan fingerprint density at radius 3 is 2.67 bits per heavy atom. The van der Waals surface area contributed by atoms with Crippen molar-refractivity contribution in [1.29, 1.82) is 0 Å². The average Bonchev–Trinajstić information content (AvgIpc) is 2.62. The van der Waals surface area contributed by atoms with Crippen LogP contribution in [0.3, 0.4) is 0 Å². The second-order valence-electron chi connectivity index (χ2n) is 4.19. The molecule has 0 radical (unpaired) electrons. The summed E-state index contributed by atoms with van der Waals surface area (Å²) >= 11 is 0. The smallest absolute Gasteiger partial charge is 0.194 e. The third kappa shape index (κ3) is 1.65. The highest BCUT2D eigenvalue weighted by Crippen LogP contribution is 2.36. The van der Waals surface area contributed by atoms with Crippen molar-refractivity contribution in [3.05, 3.63) is 23.5 Å². The fourth-order valence-corrected chi connectivity index (χ4v) is 2.04. The summed E-state index contributed by atoms with van der Waals surface area (Å²) in [4.78, 5) is 0. The predicted molar refractivity (Wildman–Crippen MR) is 54.3 cm³/mol. The van der Waals surface area contributed by atoms with Crippen molar-refractivity contribution in [3.63, 3.8) is 0 Å². The lowest BCUT2D eigenvalue weighted by molar-refractivity contribution is 0.370. The fraction of sp³-hybridized carbons (Fsp3) is 0.455. The summed E-state index contributed by atoms with van der Waals surface area (Å²) < 4.78 is 13.2. The lowest BCUT2D eigenvalue weighted by Gasteiger charge is -2.25. The summed E-state index contributed by atoms with van der Waals surface area (Å²) in [5.74, 6) is -1.86. The molecule has 1 atom stereocenters. The van der Waals surface area contributed by atoms with Gasteiger partial charge >= 0.3 is 0 Å². The van der Waals surface area contributed by atoms with E-state index in [1.165, 1.54) is 12.1 Å². The summed E-state index contributed by atoms with van der Waals surface area (Å²) in [6, 6.07) is 2.68. The quantitative estimate of drug-likeness (QED) is 0.621. The minimum Gasteiger partial charge on any atom is -0.504 e. The molecule has 1 aromatic carbocycles. The van der Waals surface area contributed by atoms with Gasteiger partial charge in [0.05, 0.1) is 0 Å². The Kier molecular flexibility index (Phi) is 2.31. The number of benzene rings is 1. The van der Waals surface area contributed by atoms with E-state index in [-0.39, 0.29) is 5.54 Å². The molecule has 1 fully saturated rings. The number of phenols is 2. The zero-order valence-electron chi connectivity index (χ0n) is 8.55. The van der Waals surface area contributed by atoms with Gasteiger partial charge in [-0.15, -0.1) is 0 Å². The Morgan fingerprint density at radius 1 is 1.40 bits per heavy atom. The molecule has 0 bridgehead atoms. The molecule has 1 unspecified atom stereocenters. The zero-order chi connectivity index (χ0) is 11.1. The Balaban J connectivity index is 2.45. The lowest BCUT2D eigenvalue weighted by atomic mass is 9.90. The molecule has 3 N–H and O–H groups in total. The molecule has 0 aromatic heterocycles. The van der Waals surface area contributed by atoms with Gasteiger partial charge in [0.2, 0.25) is 0 Å². The van der Waals surface area contributed by atoms with Gasteiger partial charge < -0.3 is 15.5 Å². The molecule has 2 rings (SSSR count). The second kappa shape index (κ2) is 3.38. The zero-order valence-corrected chi connectivity index (χ0v) is 8.55. The monoisotopic (exact) mass is 211 g/mol. The van der Waals surface area contributed by atoms with Crippen LogP contribution in [0.1, 0.15) is 25.3 Å². The molecule has 0 spiro atoms. The van der Waals surface area contributed by atoms with Crippen LogP contribution in [0, 0.1) is 5.82 Å². The van der Waals surface area contributed by atoms with Gasteiger partial charge in [-0.25, -0.2) is 4.39 Å². The van der Waals surface area contributed by atoms with E-state index in [2.05, 4.69) is 5.32 Å². The maximum Gasteiger partial charge on any atom is 0.194 e. The summed E-state index contributed by atoms with van der Waals surface area (Å²) in [5.41, 5.74) is 0.374. The first-order chi connectivity index (χ1) is 7.03. The topological polar surface area (TPSA) is 52.5 Å². The van der Waals surface area contributed by atoms with E-state index in [0.29, 0.717) is 5.56 Å². The largest absolute Gasteiger partial charge is 0.504 e. The number of hydrogen-bond acceptors (Lipinski definition) is 3. The van der Waals surface area contributed by atoms with E-state index in [4.69, 9.17) is 5.11 Å². The fourth-order valence-electron chi connectivity index (χ4n) is 2.04. The van der Waals surface area contributed by atoms with Crippen LogP contribution >= 0.6 is 0 Å². The molecule has 82 valence electrons. The van der Waals surface area contributed by atoms with Crippen LogP contribution in [0.4, 0.5) is 4.39 Å². The van der Waals surface area contributed by atoms with Crippen molar-refractivity contribution < 1.29 is 14.6 Å². The Bertz CT molecular complexity index is 363. The maximum absolute atomic E-state index is 13.2. The highest BCUT2D eigenvalue weighted by Gasteiger charge is 2.31. The Labute approximate surface area is 87.6 Å². The first-order valence-electron chi connectivity index (χ1n) is 5.00. The van der Waals surface area contributed by atoms with Crippen LogP contribution in [0.15, 0.2) is 12.1 Å². The average molecular weight is 211 g/mol. The first-order valence-corrected chi connectivity index (χ1v) is 5.00. The van der Waals surface area contributed by atoms with Crippen molar-refractivity contribution >= 4 is 0 Å². The molecule has 3 nitrogen and oxygen atoms in total. The van der Waals surface area contributed by atoms with E-state index in [0.717, 1.165) is 19.4 Å². The van der Waals surface area contributed by atoms with Crippen LogP contribution in [0.2, 0.25) is 0 Å². The van der Waals surface area contributed by atoms with E-state index in [1.807, 2.05) is 6.92 Å². The molecule has 1 aliphatic heterocycles. The van der Waals surface area contributed by atoms with Crippen molar-refractivity contribution in [2.45, 2.75) is 25.3 Å². The molecule has 0 amide bonds. The number of hydrogen-bond donors (Lipinski definition) is 3. The standard InChI is InChI=1S/C11H14FNO2/c1-11(3-2-4-13-11)7-5-8(12)10(15)9(14)6-7/h5-6,13-15H,2-4H2,1H3. The van der Waals surface area contributed by atoms with E-state index in [1.54, 1.807) is 0 Å². The van der Waals surface area contributed by atoms with Crippen molar-refractivity contribution in [2.75, 3.05) is 6.54 Å². The second-order valence-corrected chi connectivity index (χ2v) is 4.19. The van der Waals surface area contributed by atoms with Gasteiger partial charge in [-0.05, 0) is 44.0 Å². The van der Waals surface area contributed by atoms with Gasteiger partial charge in [0.1, 0.15) is 0 Å². The van der Waals surface area contributed by atoms with Crippen molar-refractivity contribution in [2.24, 2.45) is 0 Å². The number of aromatic hydroxyl groups is 2. The number of phenolic OH excluding ortho intramolecular Hbond substituents is 2. The number of nitrogens with one attached hydrogen (secondary N) is 1. The molecule has 0 aliphatic carbocycles. The van der Waals surface area contributed by atoms with E-state index < -0.39 is 17.3 Å². The summed E-state index contributed by atoms with van der Waals surface area (Å²) in [7, 11) is 0. The highest BCUT2D eigenvalue weighted by atomic mass is 19.1. The molecule has 1 aliphatic rings. The van der Waals surface area contributed by atoms with E-state index >= 15 is 0 Å². The molecule has 1 saturated heterocycles. The summed E-state index contributed by atoms with van der Waals surface area (Å²) in [6.07, 6.45) is 1.93. The Morgan fingerprint density at radius 2 is 2.13 bits per heavy atom. The molecular formula is C11H14FNO2. The van der Waals surface area contributed by atoms with Crippen LogP contribution in [-0.4, -0.2) is 16.8 Å². The van der Waals surface area contributed by atoms with E-state index in [9.17, 15) is 9.50 Å². The molecular weight excluding hydrogens is 197 g/mol. The van der Waals surface area contributed by atoms with Gasteiger partial charge in [0.15, 0.2) is 17.3 Å². The third-order valence-electron chi connectivity index (χ3n) is 3.05.